The van der Waals surface area contributed by atoms with Crippen LogP contribution in [0.25, 0.3) is 0 Å². The van der Waals surface area contributed by atoms with E-state index in [-0.39, 0.29) is 47.4 Å². The van der Waals surface area contributed by atoms with Crippen molar-refractivity contribution in [3.8, 4) is 5.75 Å². The minimum absolute atomic E-state index is 0.116. The zero-order chi connectivity index (χ0) is 30.6. The maximum absolute atomic E-state index is 14.0. The molecular weight excluding hydrogens is 568 g/mol. The molecule has 0 saturated carbocycles. The normalized spacial score (nSPS) is 22.6. The molecule has 0 bridgehead atoms. The van der Waals surface area contributed by atoms with Crippen molar-refractivity contribution < 1.29 is 38.5 Å². The predicted molar refractivity (Wildman–Crippen MR) is 155 cm³/mol. The number of ether oxygens (including phenoxy) is 3. The Morgan fingerprint density at radius 1 is 1.17 bits per heavy atom. The number of carbonyl (C=O) groups excluding carboxylic acids is 3. The summed E-state index contributed by atoms with van der Waals surface area (Å²) in [4.78, 5) is 59.4. The predicted octanol–water partition coefficient (Wildman–Crippen LogP) is 3.10. The number of halogens is 1. The van der Waals surface area contributed by atoms with E-state index in [4.69, 9.17) is 25.8 Å². The highest BCUT2D eigenvalue weighted by Crippen LogP contribution is 2.42. The van der Waals surface area contributed by atoms with Gasteiger partial charge >= 0.3 is 6.09 Å². The minimum atomic E-state index is -1.81. The van der Waals surface area contributed by atoms with Crippen LogP contribution in [0.5, 0.6) is 5.75 Å². The van der Waals surface area contributed by atoms with Crippen molar-refractivity contribution in [2.45, 2.75) is 64.1 Å². The van der Waals surface area contributed by atoms with E-state index in [0.717, 1.165) is 0 Å². The molecule has 2 atom stereocenters. The number of carboxylic acid groups (broad SMARTS) is 1. The molecular formula is C29H41ClN4O8. The van der Waals surface area contributed by atoms with Gasteiger partial charge in [-0.05, 0) is 52.5 Å². The Bertz CT molecular complexity index is 1190. The fraction of sp³-hybridized carbons (Fsp3) is 0.655. The third-order valence-corrected chi connectivity index (χ3v) is 8.39. The number of fused-ring (bicyclic) bond motifs is 1. The largest absolute Gasteiger partial charge is 0.465 e. The molecule has 1 N–H and O–H groups in total. The number of benzene rings is 1. The van der Waals surface area contributed by atoms with Crippen LogP contribution in [0.2, 0.25) is 5.02 Å². The van der Waals surface area contributed by atoms with Crippen LogP contribution < -0.4 is 9.64 Å². The van der Waals surface area contributed by atoms with E-state index in [1.165, 1.54) is 22.8 Å². The molecule has 232 valence electrons. The van der Waals surface area contributed by atoms with Crippen LogP contribution in [0.1, 0.15) is 56.8 Å². The summed E-state index contributed by atoms with van der Waals surface area (Å²) in [6.07, 6.45) is 1.56. The molecule has 2 fully saturated rings. The number of hydrogen-bond donors (Lipinski definition) is 1. The number of morpholine rings is 1. The van der Waals surface area contributed by atoms with Crippen molar-refractivity contribution >= 4 is 41.1 Å². The fourth-order valence-corrected chi connectivity index (χ4v) is 6.12. The van der Waals surface area contributed by atoms with E-state index >= 15 is 0 Å². The molecule has 0 aromatic heterocycles. The number of unbranched alkanes of at least 4 members (excludes halogenated alkanes) is 1. The highest BCUT2D eigenvalue weighted by molar-refractivity contribution is 6.34. The second-order valence-corrected chi connectivity index (χ2v) is 11.7. The highest BCUT2D eigenvalue weighted by atomic mass is 35.5. The van der Waals surface area contributed by atoms with Gasteiger partial charge in [0.05, 0.1) is 35.5 Å². The lowest BCUT2D eigenvalue weighted by Gasteiger charge is -2.43. The van der Waals surface area contributed by atoms with E-state index in [9.17, 15) is 24.3 Å². The first-order valence-corrected chi connectivity index (χ1v) is 14.9. The van der Waals surface area contributed by atoms with Crippen LogP contribution in [-0.4, -0.2) is 121 Å². The molecule has 4 rings (SSSR count). The summed E-state index contributed by atoms with van der Waals surface area (Å²) in [5, 5.41) is 9.66. The van der Waals surface area contributed by atoms with Crippen LogP contribution >= 0.6 is 11.6 Å². The molecule has 0 spiro atoms. The summed E-state index contributed by atoms with van der Waals surface area (Å²) < 4.78 is 16.7. The second-order valence-electron chi connectivity index (χ2n) is 11.3. The topological polar surface area (TPSA) is 129 Å². The molecule has 3 aliphatic rings. The van der Waals surface area contributed by atoms with Gasteiger partial charge in [0.2, 0.25) is 0 Å². The summed E-state index contributed by atoms with van der Waals surface area (Å²) in [6.45, 7) is 8.11. The third-order valence-electron chi connectivity index (χ3n) is 8.08. The van der Waals surface area contributed by atoms with Gasteiger partial charge in [-0.1, -0.05) is 11.6 Å². The Morgan fingerprint density at radius 2 is 1.88 bits per heavy atom. The number of piperidine rings is 1. The number of rotatable bonds is 9. The smallest absolute Gasteiger partial charge is 0.407 e. The lowest BCUT2D eigenvalue weighted by molar-refractivity contribution is -0.158. The fourth-order valence-electron chi connectivity index (χ4n) is 5.89. The molecule has 1 aromatic rings. The minimum Gasteiger partial charge on any atom is -0.465 e. The van der Waals surface area contributed by atoms with Crippen LogP contribution in [0.15, 0.2) is 12.1 Å². The van der Waals surface area contributed by atoms with E-state index in [1.807, 2.05) is 13.8 Å². The van der Waals surface area contributed by atoms with Gasteiger partial charge in [0.1, 0.15) is 5.75 Å². The Labute approximate surface area is 251 Å². The molecule has 12 nitrogen and oxygen atoms in total. The second kappa shape index (κ2) is 13.5. The van der Waals surface area contributed by atoms with Gasteiger partial charge < -0.3 is 38.9 Å². The summed E-state index contributed by atoms with van der Waals surface area (Å²) in [5.74, 6) is -1.10. The number of carbonyl (C=O) groups is 4. The summed E-state index contributed by atoms with van der Waals surface area (Å²) >= 11 is 6.71. The third kappa shape index (κ3) is 6.45. The molecule has 3 aliphatic heterocycles. The summed E-state index contributed by atoms with van der Waals surface area (Å²) in [6, 6.07) is 2.49. The van der Waals surface area contributed by atoms with Gasteiger partial charge in [-0.2, -0.15) is 0 Å². The maximum atomic E-state index is 14.0. The quantitative estimate of drug-likeness (QED) is 0.334. The van der Waals surface area contributed by atoms with Crippen LogP contribution in [-0.2, 0) is 19.1 Å². The van der Waals surface area contributed by atoms with Crippen LogP contribution in [0, 0.1) is 0 Å². The molecule has 1 unspecified atom stereocenters. The van der Waals surface area contributed by atoms with Gasteiger partial charge in [0.15, 0.2) is 0 Å². The first-order valence-electron chi connectivity index (χ1n) is 14.5. The molecule has 13 heteroatoms. The van der Waals surface area contributed by atoms with Crippen molar-refractivity contribution in [3.05, 3.63) is 22.7 Å². The molecule has 1 aromatic carbocycles. The number of nitrogens with zero attached hydrogens (tertiary/aromatic N) is 4. The number of anilines is 1. The first-order chi connectivity index (χ1) is 20.0. The number of hydrogen-bond acceptors (Lipinski definition) is 7. The van der Waals surface area contributed by atoms with E-state index in [2.05, 4.69) is 0 Å². The monoisotopic (exact) mass is 608 g/mol. The van der Waals surface area contributed by atoms with Crippen molar-refractivity contribution in [2.75, 3.05) is 64.6 Å². The van der Waals surface area contributed by atoms with E-state index in [0.29, 0.717) is 70.8 Å². The Balaban J connectivity index is 1.70. The van der Waals surface area contributed by atoms with Gasteiger partial charge in [-0.3, -0.25) is 14.4 Å². The van der Waals surface area contributed by atoms with Crippen molar-refractivity contribution in [1.29, 1.82) is 0 Å². The first kappa shape index (κ1) is 31.8. The van der Waals surface area contributed by atoms with Crippen molar-refractivity contribution in [3.63, 3.8) is 0 Å². The van der Waals surface area contributed by atoms with Crippen LogP contribution in [0.4, 0.5) is 10.5 Å². The molecule has 0 radical (unpaired) electrons. The lowest BCUT2D eigenvalue weighted by atomic mass is 9.97. The average molecular weight is 609 g/mol. The van der Waals surface area contributed by atoms with E-state index < -0.39 is 23.5 Å². The number of methoxy groups -OCH3 is 1. The van der Waals surface area contributed by atoms with Crippen LogP contribution in [0.3, 0.4) is 0 Å². The SMILES string of the molecule is COCCCCN1C(=O)C(C)(C(=O)N2CCOCC2)Oc2cc(Cl)c(C(=O)N(C(C)C)[C@@H]3CCCN(C(=O)O)C3)cc21. The highest BCUT2D eigenvalue weighted by Gasteiger charge is 2.53. The van der Waals surface area contributed by atoms with E-state index in [1.54, 1.807) is 23.0 Å². The molecule has 4 amide bonds. The van der Waals surface area contributed by atoms with Gasteiger partial charge in [0, 0.05) is 58.5 Å². The zero-order valence-electron chi connectivity index (χ0n) is 24.8. The lowest BCUT2D eigenvalue weighted by Crippen LogP contribution is -2.64. The van der Waals surface area contributed by atoms with Gasteiger partial charge in [0.25, 0.3) is 23.3 Å². The molecule has 2 saturated heterocycles. The number of amides is 4. The molecule has 42 heavy (non-hydrogen) atoms. The Morgan fingerprint density at radius 3 is 2.52 bits per heavy atom. The molecule has 0 aliphatic carbocycles. The van der Waals surface area contributed by atoms with Gasteiger partial charge in [-0.15, -0.1) is 0 Å². The summed E-state index contributed by atoms with van der Waals surface area (Å²) in [7, 11) is 1.61. The van der Waals surface area contributed by atoms with Gasteiger partial charge in [-0.25, -0.2) is 4.79 Å². The standard InChI is InChI=1S/C29H41ClN4O8/c1-19(2)34(20-8-7-9-32(18-20)28(38)39)25(35)21-16-23-24(17-22(21)30)42-29(3,26(36)31-11-14-41-15-12-31)27(37)33(23)10-5-6-13-40-4/h16-17,19-20H,5-15,18H2,1-4H3,(H,38,39)/t20-,29?/m1/s1. The molecule has 3 heterocycles. The summed E-state index contributed by atoms with van der Waals surface area (Å²) in [5.41, 5.74) is -1.28. The average Bonchev–Trinajstić information content (AvgIpc) is 2.97. The zero-order valence-corrected chi connectivity index (χ0v) is 25.5. The Hall–Kier alpha value is -3.09. The van der Waals surface area contributed by atoms with Crippen molar-refractivity contribution in [1.82, 2.24) is 14.7 Å². The Kier molecular flexibility index (Phi) is 10.2. The number of likely N-dealkylation sites (tertiary alicyclic amines) is 1. The van der Waals surface area contributed by atoms with Crippen molar-refractivity contribution in [2.24, 2.45) is 0 Å². The maximum Gasteiger partial charge on any atom is 0.407 e.